The maximum absolute atomic E-state index is 5.05. The van der Waals surface area contributed by atoms with Gasteiger partial charge in [0.15, 0.2) is 0 Å². The van der Waals surface area contributed by atoms with Crippen LogP contribution in [-0.4, -0.2) is 4.98 Å². The predicted octanol–water partition coefficient (Wildman–Crippen LogP) is 12.9. The molecular formula is C46H39NS. The fourth-order valence-corrected chi connectivity index (χ4v) is 8.37. The third kappa shape index (κ3) is 5.25. The van der Waals surface area contributed by atoms with Crippen LogP contribution in [0.4, 0.5) is 0 Å². The normalized spacial score (nSPS) is 18.0. The number of rotatable bonds is 6. The first kappa shape index (κ1) is 30.4. The van der Waals surface area contributed by atoms with E-state index in [1.54, 1.807) is 0 Å². The van der Waals surface area contributed by atoms with E-state index in [0.29, 0.717) is 17.8 Å². The van der Waals surface area contributed by atoms with Gasteiger partial charge in [-0.1, -0.05) is 129 Å². The van der Waals surface area contributed by atoms with Gasteiger partial charge in [-0.3, -0.25) is 4.98 Å². The van der Waals surface area contributed by atoms with Crippen LogP contribution in [0.25, 0.3) is 54.9 Å². The third-order valence-electron chi connectivity index (χ3n) is 10.6. The second-order valence-corrected chi connectivity index (χ2v) is 13.7. The molecule has 7 aromatic rings. The van der Waals surface area contributed by atoms with Crippen molar-refractivity contribution in [2.45, 2.75) is 43.4 Å². The van der Waals surface area contributed by atoms with E-state index in [2.05, 4.69) is 153 Å². The summed E-state index contributed by atoms with van der Waals surface area (Å²) in [6.07, 6.45) is 13.3. The SMILES string of the molecule is C=C(/C=C\c1ccc2cccnc2c1C)c1ccc(S)c(C2CC(c3cccc4c5ccccc5c5ccccc5c34)C=CC2CC)c1. The van der Waals surface area contributed by atoms with Gasteiger partial charge in [-0.05, 0) is 116 Å². The molecule has 1 heterocycles. The highest BCUT2D eigenvalue weighted by Crippen LogP contribution is 2.47. The summed E-state index contributed by atoms with van der Waals surface area (Å²) in [5, 5.41) is 9.18. The fourth-order valence-electron chi connectivity index (χ4n) is 8.07. The summed E-state index contributed by atoms with van der Waals surface area (Å²) in [5.41, 5.74) is 8.25. The summed E-state index contributed by atoms with van der Waals surface area (Å²) < 4.78 is 0. The molecule has 0 radical (unpaired) electrons. The van der Waals surface area contributed by atoms with Crippen molar-refractivity contribution in [1.82, 2.24) is 4.98 Å². The van der Waals surface area contributed by atoms with Gasteiger partial charge in [0.05, 0.1) is 5.52 Å². The molecule has 1 aromatic heterocycles. The maximum atomic E-state index is 5.05. The predicted molar refractivity (Wildman–Crippen MR) is 210 cm³/mol. The Morgan fingerprint density at radius 3 is 2.25 bits per heavy atom. The lowest BCUT2D eigenvalue weighted by molar-refractivity contribution is 0.422. The smallest absolute Gasteiger partial charge is 0.0737 e. The van der Waals surface area contributed by atoms with Crippen molar-refractivity contribution in [3.63, 3.8) is 0 Å². The van der Waals surface area contributed by atoms with Crippen molar-refractivity contribution in [2.75, 3.05) is 0 Å². The molecule has 2 heteroatoms. The molecule has 3 unspecified atom stereocenters. The zero-order valence-electron chi connectivity index (χ0n) is 27.5. The number of aryl methyl sites for hydroxylation is 1. The molecule has 48 heavy (non-hydrogen) atoms. The maximum Gasteiger partial charge on any atom is 0.0737 e. The Balaban J connectivity index is 1.16. The average molecular weight is 638 g/mol. The molecule has 8 rings (SSSR count). The lowest BCUT2D eigenvalue weighted by Gasteiger charge is -2.34. The van der Waals surface area contributed by atoms with E-state index in [1.807, 2.05) is 12.3 Å². The summed E-state index contributed by atoms with van der Waals surface area (Å²) in [6.45, 7) is 8.95. The van der Waals surface area contributed by atoms with Crippen LogP contribution in [0, 0.1) is 12.8 Å². The monoisotopic (exact) mass is 637 g/mol. The van der Waals surface area contributed by atoms with Crippen molar-refractivity contribution < 1.29 is 0 Å². The van der Waals surface area contributed by atoms with Crippen molar-refractivity contribution in [3.05, 3.63) is 168 Å². The van der Waals surface area contributed by atoms with E-state index in [9.17, 15) is 0 Å². The fraction of sp³-hybridized carbons (Fsp3) is 0.152. The van der Waals surface area contributed by atoms with Gasteiger partial charge in [-0.15, -0.1) is 12.6 Å². The summed E-state index contributed by atoms with van der Waals surface area (Å²) in [4.78, 5) is 5.67. The van der Waals surface area contributed by atoms with E-state index < -0.39 is 0 Å². The van der Waals surface area contributed by atoms with Crippen LogP contribution < -0.4 is 0 Å². The second kappa shape index (κ2) is 12.6. The minimum atomic E-state index is 0.301. The van der Waals surface area contributed by atoms with E-state index in [4.69, 9.17) is 12.6 Å². The Morgan fingerprint density at radius 1 is 0.792 bits per heavy atom. The van der Waals surface area contributed by atoms with Gasteiger partial charge in [-0.2, -0.15) is 0 Å². The number of nitrogens with zero attached hydrogens (tertiary/aromatic N) is 1. The summed E-state index contributed by atoms with van der Waals surface area (Å²) in [6, 6.07) is 39.8. The molecule has 1 aliphatic carbocycles. The minimum Gasteiger partial charge on any atom is -0.256 e. The van der Waals surface area contributed by atoms with E-state index in [-0.39, 0.29) is 0 Å². The lowest BCUT2D eigenvalue weighted by atomic mass is 9.71. The Labute approximate surface area is 288 Å². The summed E-state index contributed by atoms with van der Waals surface area (Å²) >= 11 is 5.05. The molecular weight excluding hydrogens is 599 g/mol. The first-order valence-electron chi connectivity index (χ1n) is 17.1. The van der Waals surface area contributed by atoms with Crippen LogP contribution in [0.3, 0.4) is 0 Å². The standard InChI is InChI=1S/C46H39NS/c1-4-31-20-23-35(36-16-9-17-41-39-13-6-5-12-37(39)38-14-7-8-15-40(38)45(36)41)28-42(31)43-27-34(24-25-44(43)48)29(2)18-19-32-21-22-33-11-10-26-47-46(33)30(32)3/h5-27,31,35,42,48H,2,4,28H2,1,3H3/b19-18-. The largest absolute Gasteiger partial charge is 0.256 e. The van der Waals surface area contributed by atoms with Gasteiger partial charge in [0.1, 0.15) is 0 Å². The molecule has 0 spiro atoms. The molecule has 0 bridgehead atoms. The number of benzene rings is 6. The minimum absolute atomic E-state index is 0.301. The van der Waals surface area contributed by atoms with Crippen molar-refractivity contribution in [3.8, 4) is 0 Å². The average Bonchev–Trinajstić information content (AvgIpc) is 3.14. The van der Waals surface area contributed by atoms with Crippen LogP contribution in [0.5, 0.6) is 0 Å². The van der Waals surface area contributed by atoms with E-state index >= 15 is 0 Å². The molecule has 0 N–H and O–H groups in total. The molecule has 6 aromatic carbocycles. The first-order chi connectivity index (χ1) is 23.5. The lowest BCUT2D eigenvalue weighted by Crippen LogP contribution is -2.19. The van der Waals surface area contributed by atoms with Crippen LogP contribution in [0.1, 0.15) is 59.4 Å². The van der Waals surface area contributed by atoms with Gasteiger partial charge in [0, 0.05) is 22.4 Å². The quantitative estimate of drug-likeness (QED) is 0.0828. The Morgan fingerprint density at radius 2 is 1.50 bits per heavy atom. The zero-order valence-corrected chi connectivity index (χ0v) is 28.4. The Bertz CT molecular complexity index is 2390. The number of fused-ring (bicyclic) bond motifs is 7. The molecule has 234 valence electrons. The highest BCUT2D eigenvalue weighted by atomic mass is 32.1. The Kier molecular flexibility index (Phi) is 7.98. The third-order valence-corrected chi connectivity index (χ3v) is 11.0. The molecule has 0 saturated carbocycles. The van der Waals surface area contributed by atoms with Gasteiger partial charge < -0.3 is 0 Å². The van der Waals surface area contributed by atoms with Gasteiger partial charge in [-0.25, -0.2) is 0 Å². The zero-order chi connectivity index (χ0) is 32.8. The Hall–Kier alpha value is -4.92. The summed E-state index contributed by atoms with van der Waals surface area (Å²) in [7, 11) is 0. The number of allylic oxidation sites excluding steroid dienone is 4. The van der Waals surface area contributed by atoms with Gasteiger partial charge in [0.25, 0.3) is 0 Å². The summed E-state index contributed by atoms with van der Waals surface area (Å²) in [5.74, 6) is 1.10. The van der Waals surface area contributed by atoms with Gasteiger partial charge >= 0.3 is 0 Å². The van der Waals surface area contributed by atoms with Crippen LogP contribution in [0.15, 0.2) is 145 Å². The van der Waals surface area contributed by atoms with E-state index in [0.717, 1.165) is 45.3 Å². The molecule has 0 amide bonds. The highest BCUT2D eigenvalue weighted by Gasteiger charge is 2.30. The topological polar surface area (TPSA) is 12.9 Å². The number of thiol groups is 1. The molecule has 0 fully saturated rings. The molecule has 1 nitrogen and oxygen atoms in total. The first-order valence-corrected chi connectivity index (χ1v) is 17.5. The number of aromatic nitrogens is 1. The van der Waals surface area contributed by atoms with Crippen LogP contribution in [0.2, 0.25) is 0 Å². The molecule has 1 aliphatic rings. The number of pyridine rings is 1. The highest BCUT2D eigenvalue weighted by molar-refractivity contribution is 7.80. The molecule has 3 atom stereocenters. The molecule has 0 aliphatic heterocycles. The van der Waals surface area contributed by atoms with Crippen LogP contribution in [-0.2, 0) is 0 Å². The van der Waals surface area contributed by atoms with Crippen molar-refractivity contribution in [2.24, 2.45) is 5.92 Å². The van der Waals surface area contributed by atoms with Crippen LogP contribution >= 0.6 is 12.6 Å². The second-order valence-electron chi connectivity index (χ2n) is 13.3. The van der Waals surface area contributed by atoms with E-state index in [1.165, 1.54) is 49.0 Å². The van der Waals surface area contributed by atoms with Crippen molar-refractivity contribution >= 4 is 67.5 Å². The van der Waals surface area contributed by atoms with Gasteiger partial charge in [0.2, 0.25) is 0 Å². The number of hydrogen-bond acceptors (Lipinski definition) is 2. The van der Waals surface area contributed by atoms with Crippen molar-refractivity contribution in [1.29, 1.82) is 0 Å². The molecule has 0 saturated heterocycles. The number of hydrogen-bond donors (Lipinski definition) is 1.